The Morgan fingerprint density at radius 1 is 0.943 bits per heavy atom. The average molecular weight is 501 g/mol. The summed E-state index contributed by atoms with van der Waals surface area (Å²) in [5, 5.41) is 20.1. The lowest BCUT2D eigenvalue weighted by atomic mass is 10.0. The van der Waals surface area contributed by atoms with Crippen molar-refractivity contribution in [2.45, 2.75) is 25.2 Å². The van der Waals surface area contributed by atoms with Crippen molar-refractivity contribution >= 4 is 23.3 Å². The first-order valence-corrected chi connectivity index (χ1v) is 9.81. The molecular formula is C20H17F6N7O2. The first kappa shape index (κ1) is 25.5. The number of H-pyrrole nitrogens is 1. The van der Waals surface area contributed by atoms with Crippen LogP contribution in [0.5, 0.6) is 0 Å². The fraction of sp³-hybridized carbons (Fsp3) is 0.250. The second kappa shape index (κ2) is 9.99. The van der Waals surface area contributed by atoms with Crippen molar-refractivity contribution in [1.29, 1.82) is 0 Å². The fourth-order valence-corrected chi connectivity index (χ4v) is 3.01. The zero-order valence-electron chi connectivity index (χ0n) is 17.8. The summed E-state index contributed by atoms with van der Waals surface area (Å²) in [7, 11) is 1.49. The van der Waals surface area contributed by atoms with E-state index < -0.39 is 35.2 Å². The molecule has 35 heavy (non-hydrogen) atoms. The number of tetrazole rings is 1. The highest BCUT2D eigenvalue weighted by Crippen LogP contribution is 2.37. The van der Waals surface area contributed by atoms with Crippen LogP contribution in [0.4, 0.5) is 42.5 Å². The molecule has 0 atom stereocenters. The van der Waals surface area contributed by atoms with E-state index in [4.69, 9.17) is 0 Å². The molecular weight excluding hydrogens is 484 g/mol. The number of aryl methyl sites for hydroxylation is 1. The van der Waals surface area contributed by atoms with E-state index in [0.717, 1.165) is 0 Å². The van der Waals surface area contributed by atoms with E-state index in [1.54, 1.807) is 12.1 Å². The van der Waals surface area contributed by atoms with Gasteiger partial charge in [-0.2, -0.15) is 31.6 Å². The predicted octanol–water partition coefficient (Wildman–Crippen LogP) is 4.23. The lowest BCUT2D eigenvalue weighted by molar-refractivity contribution is -0.143. The summed E-state index contributed by atoms with van der Waals surface area (Å²) < 4.78 is 78.4. The third kappa shape index (κ3) is 6.68. The SMILES string of the molecule is CNC(=O)CCc1ccc(NC(=O)Nc2cc(C(F)(F)F)cc(C(F)(F)F)c2)c(-c2nn[nH]n2)c1. The summed E-state index contributed by atoms with van der Waals surface area (Å²) in [5.74, 6) is -0.146. The highest BCUT2D eigenvalue weighted by atomic mass is 19.4. The van der Waals surface area contributed by atoms with Crippen LogP contribution in [-0.4, -0.2) is 39.6 Å². The van der Waals surface area contributed by atoms with Gasteiger partial charge in [0.05, 0.1) is 16.8 Å². The second-order valence-corrected chi connectivity index (χ2v) is 7.16. The molecule has 3 rings (SSSR count). The number of anilines is 2. The van der Waals surface area contributed by atoms with E-state index in [1.807, 2.05) is 5.32 Å². The molecule has 0 aliphatic carbocycles. The van der Waals surface area contributed by atoms with Gasteiger partial charge in [0.15, 0.2) is 0 Å². The highest BCUT2D eigenvalue weighted by molar-refractivity contribution is 6.02. The van der Waals surface area contributed by atoms with Crippen molar-refractivity contribution in [3.63, 3.8) is 0 Å². The number of aromatic amines is 1. The molecule has 186 valence electrons. The van der Waals surface area contributed by atoms with E-state index in [9.17, 15) is 35.9 Å². The molecule has 0 fully saturated rings. The average Bonchev–Trinajstić information content (AvgIpc) is 3.31. The Morgan fingerprint density at radius 2 is 1.60 bits per heavy atom. The number of aromatic nitrogens is 4. The zero-order valence-corrected chi connectivity index (χ0v) is 17.8. The molecule has 1 aromatic heterocycles. The molecule has 0 unspecified atom stereocenters. The number of rotatable bonds is 6. The van der Waals surface area contributed by atoms with Gasteiger partial charge in [0.2, 0.25) is 11.7 Å². The minimum atomic E-state index is -5.07. The molecule has 0 aliphatic heterocycles. The molecule has 0 spiro atoms. The molecule has 9 nitrogen and oxygen atoms in total. The Hall–Kier alpha value is -4.17. The van der Waals surface area contributed by atoms with Gasteiger partial charge in [0.1, 0.15) is 0 Å². The number of nitrogens with one attached hydrogen (secondary N) is 4. The van der Waals surface area contributed by atoms with E-state index in [1.165, 1.54) is 13.1 Å². The number of carbonyl (C=O) groups excluding carboxylic acids is 2. The molecule has 0 saturated carbocycles. The Morgan fingerprint density at radius 3 is 2.14 bits per heavy atom. The normalized spacial score (nSPS) is 11.7. The Bertz CT molecular complexity index is 1180. The van der Waals surface area contributed by atoms with E-state index >= 15 is 0 Å². The molecule has 4 N–H and O–H groups in total. The first-order chi connectivity index (χ1) is 16.4. The molecule has 15 heteroatoms. The summed E-state index contributed by atoms with van der Waals surface area (Å²) in [6, 6.07) is 4.18. The quantitative estimate of drug-likeness (QED) is 0.377. The maximum absolute atomic E-state index is 13.1. The summed E-state index contributed by atoms with van der Waals surface area (Å²) in [5.41, 5.74) is -2.84. The van der Waals surface area contributed by atoms with Crippen LogP contribution >= 0.6 is 0 Å². The summed E-state index contributed by atoms with van der Waals surface area (Å²) in [6.07, 6.45) is -9.62. The number of hydrogen-bond acceptors (Lipinski definition) is 5. The number of nitrogens with zero attached hydrogens (tertiary/aromatic N) is 3. The number of amides is 3. The molecule has 3 aromatic rings. The van der Waals surface area contributed by atoms with Crippen LogP contribution < -0.4 is 16.0 Å². The van der Waals surface area contributed by atoms with Crippen LogP contribution in [0.1, 0.15) is 23.1 Å². The minimum absolute atomic E-state index is 0.0467. The van der Waals surface area contributed by atoms with Crippen LogP contribution in [0.2, 0.25) is 0 Å². The second-order valence-electron chi connectivity index (χ2n) is 7.16. The number of urea groups is 1. The van der Waals surface area contributed by atoms with Crippen molar-refractivity contribution in [2.24, 2.45) is 0 Å². The summed E-state index contributed by atoms with van der Waals surface area (Å²) in [4.78, 5) is 24.0. The smallest absolute Gasteiger partial charge is 0.359 e. The van der Waals surface area contributed by atoms with Crippen molar-refractivity contribution < 1.29 is 35.9 Å². The van der Waals surface area contributed by atoms with Gasteiger partial charge in [-0.3, -0.25) is 4.79 Å². The van der Waals surface area contributed by atoms with Gasteiger partial charge >= 0.3 is 18.4 Å². The molecule has 2 aromatic carbocycles. The standard InChI is InChI=1S/C20H17F6N7O2/c1-27-16(34)5-3-10-2-4-15(14(6-10)17-30-32-33-31-17)29-18(35)28-13-8-11(19(21,22)23)7-12(9-13)20(24,25)26/h2,4,6-9H,3,5H2,1H3,(H,27,34)(H2,28,29,35)(H,30,31,32,33). The molecule has 0 bridgehead atoms. The largest absolute Gasteiger partial charge is 0.416 e. The molecule has 0 aliphatic rings. The molecule has 0 saturated heterocycles. The van der Waals surface area contributed by atoms with Gasteiger partial charge in [-0.15, -0.1) is 10.2 Å². The van der Waals surface area contributed by atoms with Gasteiger partial charge in [-0.05, 0) is 47.5 Å². The van der Waals surface area contributed by atoms with E-state index in [2.05, 4.69) is 31.3 Å². The van der Waals surface area contributed by atoms with Gasteiger partial charge in [-0.25, -0.2) is 4.79 Å². The summed E-state index contributed by atoms with van der Waals surface area (Å²) in [6.45, 7) is 0. The number of halogens is 6. The number of benzene rings is 2. The zero-order chi connectivity index (χ0) is 25.8. The van der Waals surface area contributed by atoms with Crippen molar-refractivity contribution in [3.05, 3.63) is 53.1 Å². The van der Waals surface area contributed by atoms with Crippen molar-refractivity contribution in [3.8, 4) is 11.4 Å². The van der Waals surface area contributed by atoms with Gasteiger partial charge in [-0.1, -0.05) is 6.07 Å². The topological polar surface area (TPSA) is 125 Å². The van der Waals surface area contributed by atoms with Crippen LogP contribution in [0.25, 0.3) is 11.4 Å². The van der Waals surface area contributed by atoms with E-state index in [-0.39, 0.29) is 35.5 Å². The number of carbonyl (C=O) groups is 2. The van der Waals surface area contributed by atoms with E-state index in [0.29, 0.717) is 24.1 Å². The third-order valence-electron chi connectivity index (χ3n) is 4.68. The van der Waals surface area contributed by atoms with Crippen LogP contribution in [-0.2, 0) is 23.6 Å². The maximum Gasteiger partial charge on any atom is 0.416 e. The van der Waals surface area contributed by atoms with Crippen LogP contribution in [0.15, 0.2) is 36.4 Å². The number of hydrogen-bond donors (Lipinski definition) is 4. The molecule has 3 amide bonds. The lowest BCUT2D eigenvalue weighted by Gasteiger charge is -2.16. The predicted molar refractivity (Wildman–Crippen MR) is 111 cm³/mol. The Labute approximate surface area is 193 Å². The Balaban J connectivity index is 1.86. The third-order valence-corrected chi connectivity index (χ3v) is 4.68. The Kier molecular flexibility index (Phi) is 7.26. The molecule has 1 heterocycles. The monoisotopic (exact) mass is 501 g/mol. The van der Waals surface area contributed by atoms with Crippen LogP contribution in [0, 0.1) is 0 Å². The van der Waals surface area contributed by atoms with Gasteiger partial charge < -0.3 is 16.0 Å². The number of alkyl halides is 6. The van der Waals surface area contributed by atoms with Gasteiger partial charge in [0, 0.05) is 24.7 Å². The lowest BCUT2D eigenvalue weighted by Crippen LogP contribution is -2.21. The maximum atomic E-state index is 13.1. The van der Waals surface area contributed by atoms with Crippen molar-refractivity contribution in [2.75, 3.05) is 17.7 Å². The van der Waals surface area contributed by atoms with Gasteiger partial charge in [0.25, 0.3) is 0 Å². The minimum Gasteiger partial charge on any atom is -0.359 e. The van der Waals surface area contributed by atoms with Crippen LogP contribution in [0.3, 0.4) is 0 Å². The van der Waals surface area contributed by atoms with Crippen molar-refractivity contribution in [1.82, 2.24) is 25.9 Å². The summed E-state index contributed by atoms with van der Waals surface area (Å²) >= 11 is 0. The molecule has 0 radical (unpaired) electrons. The highest BCUT2D eigenvalue weighted by Gasteiger charge is 2.37. The fourth-order valence-electron chi connectivity index (χ4n) is 3.01. The first-order valence-electron chi connectivity index (χ1n) is 9.81.